The molecule has 2 heterocycles. The minimum absolute atomic E-state index is 0.0798. The predicted octanol–water partition coefficient (Wildman–Crippen LogP) is 4.99. The zero-order valence-corrected chi connectivity index (χ0v) is 15.0. The molecule has 2 N–H and O–H groups in total. The van der Waals surface area contributed by atoms with E-state index in [1.807, 2.05) is 42.5 Å². The Morgan fingerprint density at radius 1 is 0.679 bits per heavy atom. The molecule has 2 aromatic carbocycles. The van der Waals surface area contributed by atoms with Gasteiger partial charge in [0.15, 0.2) is 0 Å². The van der Waals surface area contributed by atoms with E-state index >= 15 is 0 Å². The van der Waals surface area contributed by atoms with Crippen molar-refractivity contribution in [3.8, 4) is 22.5 Å². The molecule has 6 heteroatoms. The molecule has 6 nitrogen and oxygen atoms in total. The normalized spacial score (nSPS) is 9.86. The van der Waals surface area contributed by atoms with Crippen LogP contribution in [0.1, 0.15) is 0 Å². The van der Waals surface area contributed by atoms with Crippen molar-refractivity contribution < 1.29 is 4.92 Å². The lowest BCUT2D eigenvalue weighted by atomic mass is 10.1. The molecule has 0 aliphatic carbocycles. The molecule has 0 saturated carbocycles. The first-order valence-corrected chi connectivity index (χ1v) is 8.57. The molecule has 0 aliphatic rings. The first kappa shape index (κ1) is 18.7. The first-order valence-electron chi connectivity index (χ1n) is 8.57. The molecular formula is C22H18N4O2. The van der Waals surface area contributed by atoms with Crippen LogP contribution in [0.4, 0.5) is 11.4 Å². The van der Waals surface area contributed by atoms with Crippen LogP contribution in [0.15, 0.2) is 97.3 Å². The quantitative estimate of drug-likeness (QED) is 0.311. The number of anilines is 1. The first-order chi connectivity index (χ1) is 13.7. The monoisotopic (exact) mass is 370 g/mol. The maximum atomic E-state index is 10.8. The molecular weight excluding hydrogens is 352 g/mol. The Morgan fingerprint density at radius 2 is 1.18 bits per heavy atom. The number of pyridine rings is 2. The second-order valence-electron chi connectivity index (χ2n) is 5.79. The van der Waals surface area contributed by atoms with Crippen LogP contribution in [-0.4, -0.2) is 14.9 Å². The van der Waals surface area contributed by atoms with Crippen LogP contribution in [0.5, 0.6) is 0 Å². The van der Waals surface area contributed by atoms with Crippen molar-refractivity contribution in [1.82, 2.24) is 9.97 Å². The molecule has 28 heavy (non-hydrogen) atoms. The van der Waals surface area contributed by atoms with Gasteiger partial charge in [-0.1, -0.05) is 42.5 Å². The highest BCUT2D eigenvalue weighted by atomic mass is 16.6. The van der Waals surface area contributed by atoms with Crippen LogP contribution in [0.3, 0.4) is 0 Å². The highest BCUT2D eigenvalue weighted by Gasteiger charge is 2.14. The van der Waals surface area contributed by atoms with Crippen LogP contribution in [0.25, 0.3) is 22.5 Å². The average Bonchev–Trinajstić information content (AvgIpc) is 2.76. The Bertz CT molecular complexity index is 1050. The van der Waals surface area contributed by atoms with Crippen LogP contribution in [-0.2, 0) is 0 Å². The largest absolute Gasteiger partial charge is 0.398 e. The topological polar surface area (TPSA) is 94.9 Å². The molecule has 0 fully saturated rings. The van der Waals surface area contributed by atoms with Crippen LogP contribution in [0, 0.1) is 10.1 Å². The molecule has 0 bridgehead atoms. The van der Waals surface area contributed by atoms with E-state index in [-0.39, 0.29) is 5.69 Å². The summed E-state index contributed by atoms with van der Waals surface area (Å²) in [5.41, 5.74) is 9.72. The third-order valence-corrected chi connectivity index (χ3v) is 3.94. The summed E-state index contributed by atoms with van der Waals surface area (Å²) in [4.78, 5) is 18.7. The summed E-state index contributed by atoms with van der Waals surface area (Å²) >= 11 is 0. The van der Waals surface area contributed by atoms with Crippen molar-refractivity contribution in [3.63, 3.8) is 0 Å². The maximum absolute atomic E-state index is 10.8. The van der Waals surface area contributed by atoms with E-state index in [1.54, 1.807) is 48.8 Å². The highest BCUT2D eigenvalue weighted by molar-refractivity contribution is 5.73. The summed E-state index contributed by atoms with van der Waals surface area (Å²) in [5, 5.41) is 10.8. The Balaban J connectivity index is 0.000000162. The van der Waals surface area contributed by atoms with E-state index in [9.17, 15) is 10.1 Å². The Morgan fingerprint density at radius 3 is 1.71 bits per heavy atom. The van der Waals surface area contributed by atoms with E-state index in [0.717, 1.165) is 16.9 Å². The zero-order chi connectivity index (χ0) is 19.8. The number of benzene rings is 2. The number of nitrogens with zero attached hydrogens (tertiary/aromatic N) is 3. The molecule has 0 aliphatic heterocycles. The van der Waals surface area contributed by atoms with Crippen molar-refractivity contribution in [1.29, 1.82) is 0 Å². The molecule has 4 rings (SSSR count). The number of nitrogen functional groups attached to an aromatic ring is 1. The molecule has 4 aromatic rings. The van der Waals surface area contributed by atoms with Gasteiger partial charge in [-0.25, -0.2) is 0 Å². The Hall–Kier alpha value is -4.06. The van der Waals surface area contributed by atoms with Gasteiger partial charge in [-0.3, -0.25) is 20.1 Å². The molecule has 0 amide bonds. The number of hydrogen-bond acceptors (Lipinski definition) is 5. The van der Waals surface area contributed by atoms with E-state index in [2.05, 4.69) is 9.97 Å². The van der Waals surface area contributed by atoms with Gasteiger partial charge >= 0.3 is 0 Å². The third kappa shape index (κ3) is 4.56. The fraction of sp³-hybridized carbons (Fsp3) is 0. The van der Waals surface area contributed by atoms with Gasteiger partial charge in [-0.05, 0) is 36.4 Å². The van der Waals surface area contributed by atoms with Crippen molar-refractivity contribution >= 4 is 11.4 Å². The summed E-state index contributed by atoms with van der Waals surface area (Å²) in [5.74, 6) is 0. The van der Waals surface area contributed by atoms with Gasteiger partial charge in [0.05, 0.1) is 21.9 Å². The number of nitro groups is 1. The fourth-order valence-electron chi connectivity index (χ4n) is 2.62. The van der Waals surface area contributed by atoms with E-state index in [4.69, 9.17) is 5.73 Å². The van der Waals surface area contributed by atoms with Gasteiger partial charge in [0.1, 0.15) is 0 Å². The van der Waals surface area contributed by atoms with Crippen LogP contribution < -0.4 is 5.73 Å². The minimum Gasteiger partial charge on any atom is -0.398 e. The van der Waals surface area contributed by atoms with Crippen molar-refractivity contribution in [2.45, 2.75) is 0 Å². The average molecular weight is 370 g/mol. The molecule has 0 spiro atoms. The van der Waals surface area contributed by atoms with E-state index in [0.29, 0.717) is 11.3 Å². The van der Waals surface area contributed by atoms with Crippen molar-refractivity contribution in [2.24, 2.45) is 0 Å². The minimum atomic E-state index is -0.399. The smallest absolute Gasteiger partial charge is 0.278 e. The number of aromatic nitrogens is 2. The van der Waals surface area contributed by atoms with Gasteiger partial charge in [0.25, 0.3) is 5.69 Å². The number of nitrogens with two attached hydrogens (primary N) is 1. The summed E-state index contributed by atoms with van der Waals surface area (Å²) in [6, 6.07) is 25.4. The maximum Gasteiger partial charge on any atom is 0.278 e. The van der Waals surface area contributed by atoms with Gasteiger partial charge in [0, 0.05) is 29.7 Å². The predicted molar refractivity (Wildman–Crippen MR) is 110 cm³/mol. The molecule has 138 valence electrons. The number of para-hydroxylation sites is 2. The number of hydrogen-bond donors (Lipinski definition) is 1. The van der Waals surface area contributed by atoms with Gasteiger partial charge < -0.3 is 5.73 Å². The summed E-state index contributed by atoms with van der Waals surface area (Å²) in [6.07, 6.45) is 3.38. The Kier molecular flexibility index (Phi) is 6.05. The van der Waals surface area contributed by atoms with Crippen molar-refractivity contribution in [2.75, 3.05) is 5.73 Å². The molecule has 0 atom stereocenters. The molecule has 0 unspecified atom stereocenters. The van der Waals surface area contributed by atoms with Gasteiger partial charge in [0.2, 0.25) is 0 Å². The van der Waals surface area contributed by atoms with Crippen LogP contribution in [0.2, 0.25) is 0 Å². The number of nitro benzene ring substituents is 1. The van der Waals surface area contributed by atoms with Crippen LogP contribution >= 0.6 is 0 Å². The lowest BCUT2D eigenvalue weighted by molar-refractivity contribution is -0.384. The standard InChI is InChI=1S/C11H8N2O2.C11H10N2/c14-13(15)11-7-2-1-5-9(11)10-6-3-4-8-12-10;12-10-6-2-1-5-9(10)11-7-3-4-8-13-11/h1-8H;1-8H,12H2. The van der Waals surface area contributed by atoms with E-state index in [1.165, 1.54) is 6.07 Å². The number of rotatable bonds is 3. The zero-order valence-electron chi connectivity index (χ0n) is 15.0. The van der Waals surface area contributed by atoms with Gasteiger partial charge in [-0.15, -0.1) is 0 Å². The van der Waals surface area contributed by atoms with E-state index < -0.39 is 4.92 Å². The van der Waals surface area contributed by atoms with Crippen molar-refractivity contribution in [3.05, 3.63) is 107 Å². The fourth-order valence-corrected chi connectivity index (χ4v) is 2.62. The molecule has 0 saturated heterocycles. The Labute approximate surface area is 162 Å². The molecule has 0 radical (unpaired) electrons. The lowest BCUT2D eigenvalue weighted by Gasteiger charge is -2.02. The summed E-state index contributed by atoms with van der Waals surface area (Å²) < 4.78 is 0. The summed E-state index contributed by atoms with van der Waals surface area (Å²) in [6.45, 7) is 0. The highest BCUT2D eigenvalue weighted by Crippen LogP contribution is 2.27. The lowest BCUT2D eigenvalue weighted by Crippen LogP contribution is -1.92. The second kappa shape index (κ2) is 9.05. The third-order valence-electron chi connectivity index (χ3n) is 3.94. The molecule has 2 aromatic heterocycles. The van der Waals surface area contributed by atoms with Gasteiger partial charge in [-0.2, -0.15) is 0 Å². The second-order valence-corrected chi connectivity index (χ2v) is 5.79. The SMILES string of the molecule is Nc1ccccc1-c1ccccn1.O=[N+]([O-])c1ccccc1-c1ccccn1. The summed E-state index contributed by atoms with van der Waals surface area (Å²) in [7, 11) is 0.